The van der Waals surface area contributed by atoms with Gasteiger partial charge in [0.15, 0.2) is 5.58 Å². The molecule has 0 saturated heterocycles. The molecule has 0 aliphatic carbocycles. The molecule has 0 fully saturated rings. The summed E-state index contributed by atoms with van der Waals surface area (Å²) in [7, 11) is 0. The molecule has 0 unspecified atom stereocenters. The Balaban J connectivity index is 1.98. The largest absolute Gasteiger partial charge is 0.431 e. The fraction of sp³-hybridized carbons (Fsp3) is 0. The van der Waals surface area contributed by atoms with E-state index in [1.54, 1.807) is 12.1 Å². The van der Waals surface area contributed by atoms with E-state index in [0.717, 1.165) is 10.4 Å². The summed E-state index contributed by atoms with van der Waals surface area (Å²) in [5.74, 6) is 0. The van der Waals surface area contributed by atoms with Crippen molar-refractivity contribution in [1.29, 1.82) is 0 Å². The van der Waals surface area contributed by atoms with Crippen LogP contribution in [0.15, 0.2) is 57.0 Å². The lowest BCUT2D eigenvalue weighted by Gasteiger charge is -1.98. The molecule has 0 aliphatic rings. The van der Waals surface area contributed by atoms with Crippen LogP contribution in [-0.4, -0.2) is 4.98 Å². The molecule has 2 N–H and O–H groups in total. The molecule has 1 heterocycles. The zero-order valence-corrected chi connectivity index (χ0v) is 10.8. The second kappa shape index (κ2) is 4.55. The van der Waals surface area contributed by atoms with Crippen LogP contribution in [0.4, 0.5) is 5.69 Å². The summed E-state index contributed by atoms with van der Waals surface area (Å²) in [6.45, 7) is 0. The van der Waals surface area contributed by atoms with E-state index in [9.17, 15) is 0 Å². The van der Waals surface area contributed by atoms with Gasteiger partial charge in [0.1, 0.15) is 5.52 Å². The minimum absolute atomic E-state index is 0.559. The van der Waals surface area contributed by atoms with Crippen LogP contribution in [0.3, 0.4) is 0 Å². The van der Waals surface area contributed by atoms with Gasteiger partial charge >= 0.3 is 0 Å². The molecule has 90 valence electrons. The summed E-state index contributed by atoms with van der Waals surface area (Å²) in [4.78, 5) is 5.29. The van der Waals surface area contributed by atoms with Gasteiger partial charge in [0.2, 0.25) is 0 Å². The molecule has 0 saturated carbocycles. The molecule has 0 spiro atoms. The van der Waals surface area contributed by atoms with Gasteiger partial charge in [-0.05, 0) is 36.0 Å². The van der Waals surface area contributed by atoms with Crippen LogP contribution in [0, 0.1) is 0 Å². The van der Waals surface area contributed by atoms with Crippen LogP contribution < -0.4 is 5.73 Å². The van der Waals surface area contributed by atoms with E-state index >= 15 is 0 Å². The summed E-state index contributed by atoms with van der Waals surface area (Å²) in [6.07, 6.45) is 0. The number of benzene rings is 2. The predicted molar refractivity (Wildman–Crippen MR) is 74.0 cm³/mol. The van der Waals surface area contributed by atoms with E-state index in [0.29, 0.717) is 21.5 Å². The number of nitrogen functional groups attached to an aromatic ring is 1. The molecular weight excluding hydrogens is 268 g/mol. The lowest BCUT2D eigenvalue weighted by Crippen LogP contribution is -1.81. The molecule has 1 aromatic heterocycles. The zero-order chi connectivity index (χ0) is 12.5. The number of halogens is 1. The number of nitrogens with zero attached hydrogens (tertiary/aromatic N) is 1. The van der Waals surface area contributed by atoms with Gasteiger partial charge in [-0.25, -0.2) is 4.98 Å². The molecule has 18 heavy (non-hydrogen) atoms. The van der Waals surface area contributed by atoms with Crippen molar-refractivity contribution < 1.29 is 4.42 Å². The maximum Gasteiger partial charge on any atom is 0.261 e. The highest BCUT2D eigenvalue weighted by atomic mass is 35.5. The highest BCUT2D eigenvalue weighted by molar-refractivity contribution is 7.99. The van der Waals surface area contributed by atoms with E-state index in [1.807, 2.05) is 30.3 Å². The van der Waals surface area contributed by atoms with E-state index in [1.165, 1.54) is 11.8 Å². The van der Waals surface area contributed by atoms with Crippen LogP contribution in [-0.2, 0) is 0 Å². The summed E-state index contributed by atoms with van der Waals surface area (Å²) < 4.78 is 5.62. The second-order valence-electron chi connectivity index (χ2n) is 3.74. The highest BCUT2D eigenvalue weighted by Gasteiger charge is 2.09. The van der Waals surface area contributed by atoms with Crippen LogP contribution in [0.5, 0.6) is 0 Å². The molecule has 2 aromatic carbocycles. The Labute approximate surface area is 113 Å². The van der Waals surface area contributed by atoms with Crippen molar-refractivity contribution in [1.82, 2.24) is 4.98 Å². The Morgan fingerprint density at radius 3 is 2.83 bits per heavy atom. The molecule has 0 bridgehead atoms. The number of hydrogen-bond donors (Lipinski definition) is 1. The van der Waals surface area contributed by atoms with Crippen molar-refractivity contribution in [3.8, 4) is 0 Å². The van der Waals surface area contributed by atoms with Crippen molar-refractivity contribution in [2.24, 2.45) is 0 Å². The topological polar surface area (TPSA) is 52.0 Å². The minimum atomic E-state index is 0.559. The number of fused-ring (bicyclic) bond motifs is 1. The third-order valence-electron chi connectivity index (χ3n) is 2.43. The number of oxazole rings is 1. The van der Waals surface area contributed by atoms with Crippen molar-refractivity contribution in [3.63, 3.8) is 0 Å². The smallest absolute Gasteiger partial charge is 0.261 e. The molecule has 0 aliphatic heterocycles. The maximum absolute atomic E-state index is 6.09. The first-order chi connectivity index (χ1) is 8.72. The summed E-state index contributed by atoms with van der Waals surface area (Å²) in [6, 6.07) is 13.0. The third-order valence-corrected chi connectivity index (χ3v) is 3.79. The Kier molecular flexibility index (Phi) is 2.89. The molecule has 0 radical (unpaired) electrons. The van der Waals surface area contributed by atoms with E-state index in [-0.39, 0.29) is 0 Å². The SMILES string of the molecule is Nc1ccc2nc(Sc3ccccc3Cl)oc2c1. The predicted octanol–water partition coefficient (Wildman–Crippen LogP) is 4.21. The van der Waals surface area contributed by atoms with E-state index in [4.69, 9.17) is 21.8 Å². The fourth-order valence-corrected chi connectivity index (χ4v) is 2.61. The summed E-state index contributed by atoms with van der Waals surface area (Å²) in [5, 5.41) is 1.24. The van der Waals surface area contributed by atoms with E-state index < -0.39 is 0 Å². The number of aromatic nitrogens is 1. The lowest BCUT2D eigenvalue weighted by atomic mass is 10.3. The van der Waals surface area contributed by atoms with Crippen LogP contribution in [0.2, 0.25) is 5.02 Å². The van der Waals surface area contributed by atoms with Gasteiger partial charge < -0.3 is 10.2 Å². The molecule has 3 rings (SSSR count). The molecule has 3 nitrogen and oxygen atoms in total. The van der Waals surface area contributed by atoms with Crippen molar-refractivity contribution in [2.75, 3.05) is 5.73 Å². The number of anilines is 1. The van der Waals surface area contributed by atoms with Gasteiger partial charge in [-0.15, -0.1) is 0 Å². The van der Waals surface area contributed by atoms with Gasteiger partial charge in [-0.2, -0.15) is 0 Å². The molecule has 0 amide bonds. The first-order valence-electron chi connectivity index (χ1n) is 5.31. The second-order valence-corrected chi connectivity index (χ2v) is 5.14. The lowest BCUT2D eigenvalue weighted by molar-refractivity contribution is 0.489. The number of hydrogen-bond acceptors (Lipinski definition) is 4. The fourth-order valence-electron chi connectivity index (χ4n) is 1.59. The van der Waals surface area contributed by atoms with Gasteiger partial charge in [0.05, 0.1) is 5.02 Å². The maximum atomic E-state index is 6.09. The van der Waals surface area contributed by atoms with Crippen molar-refractivity contribution in [2.45, 2.75) is 10.1 Å². The highest BCUT2D eigenvalue weighted by Crippen LogP contribution is 2.34. The van der Waals surface area contributed by atoms with E-state index in [2.05, 4.69) is 4.98 Å². The standard InChI is InChI=1S/C13H9ClN2OS/c14-9-3-1-2-4-12(9)18-13-16-10-6-5-8(15)7-11(10)17-13/h1-7H,15H2. The van der Waals surface area contributed by atoms with Gasteiger partial charge in [0, 0.05) is 16.6 Å². The summed E-state index contributed by atoms with van der Waals surface area (Å²) in [5.41, 5.74) is 7.83. The number of rotatable bonds is 2. The average molecular weight is 277 g/mol. The van der Waals surface area contributed by atoms with Crippen LogP contribution in [0.25, 0.3) is 11.1 Å². The molecular formula is C13H9ClN2OS. The van der Waals surface area contributed by atoms with Gasteiger partial charge in [0.25, 0.3) is 5.22 Å². The summed E-state index contributed by atoms with van der Waals surface area (Å²) >= 11 is 7.48. The van der Waals surface area contributed by atoms with Crippen LogP contribution >= 0.6 is 23.4 Å². The van der Waals surface area contributed by atoms with Crippen molar-refractivity contribution in [3.05, 3.63) is 47.5 Å². The van der Waals surface area contributed by atoms with Gasteiger partial charge in [-0.3, -0.25) is 0 Å². The monoisotopic (exact) mass is 276 g/mol. The van der Waals surface area contributed by atoms with Crippen molar-refractivity contribution >= 4 is 40.1 Å². The first kappa shape index (κ1) is 11.4. The minimum Gasteiger partial charge on any atom is -0.431 e. The first-order valence-corrected chi connectivity index (χ1v) is 6.50. The molecule has 0 atom stereocenters. The Bertz CT molecular complexity index is 711. The average Bonchev–Trinajstić information content (AvgIpc) is 2.73. The van der Waals surface area contributed by atoms with Gasteiger partial charge in [-0.1, -0.05) is 23.7 Å². The molecule has 3 aromatic rings. The zero-order valence-electron chi connectivity index (χ0n) is 9.26. The normalized spacial score (nSPS) is 10.9. The third kappa shape index (κ3) is 2.17. The Morgan fingerprint density at radius 2 is 2.00 bits per heavy atom. The quantitative estimate of drug-likeness (QED) is 0.712. The Hall–Kier alpha value is -1.65. The van der Waals surface area contributed by atoms with Crippen LogP contribution in [0.1, 0.15) is 0 Å². The Morgan fingerprint density at radius 1 is 1.17 bits per heavy atom. The molecule has 5 heteroatoms. The number of nitrogens with two attached hydrogens (primary N) is 1.